The summed E-state index contributed by atoms with van der Waals surface area (Å²) < 4.78 is 5.19. The topological polar surface area (TPSA) is 98.8 Å². The molecule has 1 amide bonds. The second-order valence-corrected chi connectivity index (χ2v) is 9.59. The number of amides is 1. The van der Waals surface area contributed by atoms with Gasteiger partial charge in [0.25, 0.3) is 11.5 Å². The molecule has 2 heterocycles. The first kappa shape index (κ1) is 25.4. The number of benzene rings is 3. The monoisotopic (exact) mass is 530 g/mol. The number of nitrogens with zero attached hydrogens (tertiary/aromatic N) is 3. The zero-order chi connectivity index (χ0) is 26.8. The normalized spacial score (nSPS) is 14.1. The third kappa shape index (κ3) is 5.21. The molecule has 1 aliphatic heterocycles. The molecule has 0 bridgehead atoms. The SMILES string of the molecule is COc1cccc(C(O)=Cc2nc3ccc(C(=O)N4CCN(c5cc(Cl)ccc5C)CC4)cc3[nH]c2=O)c1. The molecule has 1 aromatic heterocycles. The van der Waals surface area contributed by atoms with Crippen LogP contribution in [-0.2, 0) is 0 Å². The lowest BCUT2D eigenvalue weighted by Crippen LogP contribution is -2.49. The predicted molar refractivity (Wildman–Crippen MR) is 150 cm³/mol. The van der Waals surface area contributed by atoms with Gasteiger partial charge in [0.05, 0.1) is 18.1 Å². The van der Waals surface area contributed by atoms with E-state index in [1.807, 2.05) is 23.1 Å². The number of carbonyl (C=O) groups excluding carboxylic acids is 1. The summed E-state index contributed by atoms with van der Waals surface area (Å²) in [5.41, 5.74) is 3.75. The van der Waals surface area contributed by atoms with Crippen LogP contribution < -0.4 is 15.2 Å². The van der Waals surface area contributed by atoms with Gasteiger partial charge in [0.15, 0.2) is 0 Å². The number of H-pyrrole nitrogens is 1. The Bertz CT molecular complexity index is 1610. The first-order valence-corrected chi connectivity index (χ1v) is 12.6. The van der Waals surface area contributed by atoms with E-state index < -0.39 is 5.56 Å². The number of halogens is 1. The molecular weight excluding hydrogens is 504 g/mol. The van der Waals surface area contributed by atoms with Gasteiger partial charge >= 0.3 is 0 Å². The highest BCUT2D eigenvalue weighted by molar-refractivity contribution is 6.30. The van der Waals surface area contributed by atoms with E-state index in [4.69, 9.17) is 16.3 Å². The highest BCUT2D eigenvalue weighted by Crippen LogP contribution is 2.26. The third-order valence-corrected chi connectivity index (χ3v) is 6.92. The number of hydrogen-bond donors (Lipinski definition) is 2. The van der Waals surface area contributed by atoms with Gasteiger partial charge in [-0.2, -0.15) is 0 Å². The number of aromatic amines is 1. The highest BCUT2D eigenvalue weighted by Gasteiger charge is 2.23. The Balaban J connectivity index is 1.33. The average Bonchev–Trinajstić information content (AvgIpc) is 2.94. The zero-order valence-corrected chi connectivity index (χ0v) is 21.8. The van der Waals surface area contributed by atoms with Crippen LogP contribution >= 0.6 is 11.6 Å². The molecule has 3 aromatic carbocycles. The number of nitrogens with one attached hydrogen (secondary N) is 1. The van der Waals surface area contributed by atoms with E-state index in [0.717, 1.165) is 11.3 Å². The molecule has 4 aromatic rings. The van der Waals surface area contributed by atoms with Crippen LogP contribution in [0.2, 0.25) is 5.02 Å². The van der Waals surface area contributed by atoms with E-state index in [2.05, 4.69) is 21.8 Å². The lowest BCUT2D eigenvalue weighted by atomic mass is 10.1. The summed E-state index contributed by atoms with van der Waals surface area (Å²) in [5.74, 6) is 0.371. The lowest BCUT2D eigenvalue weighted by molar-refractivity contribution is 0.0747. The van der Waals surface area contributed by atoms with Crippen molar-refractivity contribution in [2.24, 2.45) is 0 Å². The molecular formula is C29H27ClN4O4. The molecule has 194 valence electrons. The van der Waals surface area contributed by atoms with E-state index in [1.54, 1.807) is 42.5 Å². The first-order valence-electron chi connectivity index (χ1n) is 12.2. The van der Waals surface area contributed by atoms with E-state index in [0.29, 0.717) is 59.1 Å². The number of anilines is 1. The standard InChI is InChI=1S/C29H27ClN4O4/c1-18-6-8-21(30)16-26(18)33-10-12-34(13-11-33)29(37)20-7-9-23-24(15-20)32-28(36)25(31-23)17-27(35)19-4-3-5-22(14-19)38-2/h3-9,14-17,35H,10-13H2,1-2H3,(H,32,36). The van der Waals surface area contributed by atoms with E-state index in [1.165, 1.54) is 13.2 Å². The molecule has 1 saturated heterocycles. The Labute approximate surface area is 224 Å². The first-order chi connectivity index (χ1) is 18.3. The van der Waals surface area contributed by atoms with Crippen molar-refractivity contribution >= 4 is 46.1 Å². The number of aryl methyl sites for hydroxylation is 1. The summed E-state index contributed by atoms with van der Waals surface area (Å²) in [6.07, 6.45) is 1.31. The van der Waals surface area contributed by atoms with Gasteiger partial charge in [-0.05, 0) is 55.0 Å². The van der Waals surface area contributed by atoms with Crippen molar-refractivity contribution in [2.45, 2.75) is 6.92 Å². The number of aromatic nitrogens is 2. The molecule has 0 spiro atoms. The second-order valence-electron chi connectivity index (χ2n) is 9.15. The number of methoxy groups -OCH3 is 1. The Kier molecular flexibility index (Phi) is 7.07. The molecule has 9 heteroatoms. The molecule has 0 radical (unpaired) electrons. The summed E-state index contributed by atoms with van der Waals surface area (Å²) in [6.45, 7) is 4.60. The van der Waals surface area contributed by atoms with Crippen LogP contribution in [0.4, 0.5) is 5.69 Å². The zero-order valence-electron chi connectivity index (χ0n) is 21.1. The third-order valence-electron chi connectivity index (χ3n) is 6.68. The van der Waals surface area contributed by atoms with Gasteiger partial charge in [-0.1, -0.05) is 29.8 Å². The number of piperazine rings is 1. The smallest absolute Gasteiger partial charge is 0.274 e. The van der Waals surface area contributed by atoms with Gasteiger partial charge in [0.2, 0.25) is 0 Å². The van der Waals surface area contributed by atoms with Crippen LogP contribution in [0.25, 0.3) is 22.9 Å². The number of rotatable bonds is 5. The quantitative estimate of drug-likeness (QED) is 0.356. The molecule has 38 heavy (non-hydrogen) atoms. The van der Waals surface area contributed by atoms with Crippen molar-refractivity contribution in [2.75, 3.05) is 38.2 Å². The van der Waals surface area contributed by atoms with Gasteiger partial charge in [0.1, 0.15) is 17.2 Å². The predicted octanol–water partition coefficient (Wildman–Crippen LogP) is 4.91. The molecule has 0 saturated carbocycles. The van der Waals surface area contributed by atoms with E-state index >= 15 is 0 Å². The number of aliphatic hydroxyl groups excluding tert-OH is 1. The Morgan fingerprint density at radius 1 is 1.05 bits per heavy atom. The fraction of sp³-hybridized carbons (Fsp3) is 0.207. The summed E-state index contributed by atoms with van der Waals surface area (Å²) in [7, 11) is 1.54. The number of aliphatic hydroxyl groups is 1. The molecule has 0 atom stereocenters. The molecule has 5 rings (SSSR count). The largest absolute Gasteiger partial charge is 0.507 e. The van der Waals surface area contributed by atoms with Crippen molar-refractivity contribution in [1.29, 1.82) is 0 Å². The fourth-order valence-corrected chi connectivity index (χ4v) is 4.75. The minimum atomic E-state index is -0.470. The minimum Gasteiger partial charge on any atom is -0.507 e. The van der Waals surface area contributed by atoms with E-state index in [9.17, 15) is 14.7 Å². The van der Waals surface area contributed by atoms with Crippen LogP contribution in [0, 0.1) is 6.92 Å². The van der Waals surface area contributed by atoms with Gasteiger partial charge in [-0.25, -0.2) is 4.98 Å². The minimum absolute atomic E-state index is 0.0596. The maximum atomic E-state index is 13.2. The van der Waals surface area contributed by atoms with Crippen LogP contribution in [0.15, 0.2) is 65.5 Å². The van der Waals surface area contributed by atoms with Crippen LogP contribution in [0.5, 0.6) is 5.75 Å². The molecule has 1 aliphatic rings. The van der Waals surface area contributed by atoms with Crippen LogP contribution in [0.1, 0.15) is 27.2 Å². The Morgan fingerprint density at radius 3 is 2.61 bits per heavy atom. The van der Waals surface area contributed by atoms with Crippen molar-refractivity contribution in [3.63, 3.8) is 0 Å². The Morgan fingerprint density at radius 2 is 1.84 bits per heavy atom. The van der Waals surface area contributed by atoms with E-state index in [-0.39, 0.29) is 17.4 Å². The van der Waals surface area contributed by atoms with Gasteiger partial charge in [0, 0.05) is 54.1 Å². The average molecular weight is 531 g/mol. The second kappa shape index (κ2) is 10.6. The number of ether oxygens (including phenoxy) is 1. The molecule has 0 aliphatic carbocycles. The van der Waals surface area contributed by atoms with Crippen LogP contribution in [-0.4, -0.2) is 59.2 Å². The Hall–Kier alpha value is -4.30. The van der Waals surface area contributed by atoms with Crippen molar-refractivity contribution in [1.82, 2.24) is 14.9 Å². The fourth-order valence-electron chi connectivity index (χ4n) is 4.58. The van der Waals surface area contributed by atoms with Gasteiger partial charge in [-0.3, -0.25) is 9.59 Å². The number of hydrogen-bond acceptors (Lipinski definition) is 6. The summed E-state index contributed by atoms with van der Waals surface area (Å²) >= 11 is 6.19. The molecule has 0 unspecified atom stereocenters. The number of carbonyl (C=O) groups is 1. The summed E-state index contributed by atoms with van der Waals surface area (Å²) in [4.78, 5) is 37.2. The summed E-state index contributed by atoms with van der Waals surface area (Å²) in [5, 5.41) is 11.2. The lowest BCUT2D eigenvalue weighted by Gasteiger charge is -2.37. The van der Waals surface area contributed by atoms with Gasteiger partial charge in [-0.15, -0.1) is 0 Å². The number of fused-ring (bicyclic) bond motifs is 1. The molecule has 8 nitrogen and oxygen atoms in total. The van der Waals surface area contributed by atoms with Crippen molar-refractivity contribution in [3.05, 3.63) is 98.4 Å². The van der Waals surface area contributed by atoms with Crippen LogP contribution in [0.3, 0.4) is 0 Å². The molecule has 2 N–H and O–H groups in total. The van der Waals surface area contributed by atoms with Gasteiger partial charge < -0.3 is 24.6 Å². The highest BCUT2D eigenvalue weighted by atomic mass is 35.5. The summed E-state index contributed by atoms with van der Waals surface area (Å²) in [6, 6.07) is 17.8. The maximum Gasteiger partial charge on any atom is 0.274 e. The maximum absolute atomic E-state index is 13.2. The van der Waals surface area contributed by atoms with Crippen molar-refractivity contribution < 1.29 is 14.6 Å². The molecule has 1 fully saturated rings. The van der Waals surface area contributed by atoms with Crippen molar-refractivity contribution in [3.8, 4) is 5.75 Å².